The van der Waals surface area contributed by atoms with Crippen LogP contribution in [0.2, 0.25) is 0 Å². The van der Waals surface area contributed by atoms with Gasteiger partial charge in [-0.3, -0.25) is 9.20 Å². The summed E-state index contributed by atoms with van der Waals surface area (Å²) in [7, 11) is 0. The number of benzene rings is 1. The Balaban J connectivity index is 1.64. The predicted octanol–water partition coefficient (Wildman–Crippen LogP) is 2.04. The number of aliphatic hydroxyl groups excluding tert-OH is 2. The van der Waals surface area contributed by atoms with Crippen LogP contribution >= 0.6 is 0 Å². The second kappa shape index (κ2) is 8.37. The van der Waals surface area contributed by atoms with Crippen LogP contribution in [0.1, 0.15) is 34.9 Å². The van der Waals surface area contributed by atoms with Gasteiger partial charge in [0.05, 0.1) is 30.6 Å². The summed E-state index contributed by atoms with van der Waals surface area (Å²) in [6.45, 7) is 0.130. The van der Waals surface area contributed by atoms with Gasteiger partial charge in [0.1, 0.15) is 23.0 Å². The Hall–Kier alpha value is -3.04. The molecule has 3 heterocycles. The van der Waals surface area contributed by atoms with E-state index in [9.17, 15) is 18.7 Å². The number of halogens is 2. The minimum absolute atomic E-state index is 0.0880. The number of imidazole rings is 1. The molecule has 0 bridgehead atoms. The van der Waals surface area contributed by atoms with E-state index in [1.54, 1.807) is 16.7 Å². The van der Waals surface area contributed by atoms with E-state index in [1.807, 2.05) is 11.0 Å². The van der Waals surface area contributed by atoms with Gasteiger partial charge in [-0.25, -0.2) is 13.8 Å². The molecule has 0 aliphatic carbocycles. The summed E-state index contributed by atoms with van der Waals surface area (Å²) in [6, 6.07) is 6.77. The summed E-state index contributed by atoms with van der Waals surface area (Å²) < 4.78 is 29.7. The van der Waals surface area contributed by atoms with Gasteiger partial charge in [-0.2, -0.15) is 0 Å². The van der Waals surface area contributed by atoms with Crippen molar-refractivity contribution in [1.82, 2.24) is 14.7 Å². The van der Waals surface area contributed by atoms with Crippen molar-refractivity contribution in [3.05, 3.63) is 65.6 Å². The van der Waals surface area contributed by atoms with E-state index in [-0.39, 0.29) is 18.3 Å². The van der Waals surface area contributed by atoms with Gasteiger partial charge in [0.2, 0.25) is 0 Å². The highest BCUT2D eigenvalue weighted by Gasteiger charge is 2.29. The summed E-state index contributed by atoms with van der Waals surface area (Å²) in [6.07, 6.45) is 3.64. The van der Waals surface area contributed by atoms with Crippen LogP contribution in [0.15, 0.2) is 42.7 Å². The standard InChI is InChI=1S/C21H22F2N4O3/c22-13-3-5-17(23)16(8-13)18-2-1-7-26(18)14-4-6-20-24-10-19(27(20)11-14)21(30)25-9-15(29)12-28/h3-6,8,10-11,15,18,28-29H,1-2,7,9,12H2,(H,25,30). The van der Waals surface area contributed by atoms with Gasteiger partial charge in [0.15, 0.2) is 0 Å². The summed E-state index contributed by atoms with van der Waals surface area (Å²) in [5, 5.41) is 20.9. The molecule has 1 aliphatic heterocycles. The molecule has 3 aromatic rings. The number of pyridine rings is 1. The molecule has 0 saturated carbocycles. The molecule has 1 aliphatic rings. The summed E-state index contributed by atoms with van der Waals surface area (Å²) in [5.74, 6) is -1.37. The molecule has 2 aromatic heterocycles. The maximum atomic E-state index is 14.4. The van der Waals surface area contributed by atoms with Gasteiger partial charge >= 0.3 is 0 Å². The zero-order valence-corrected chi connectivity index (χ0v) is 16.1. The second-order valence-electron chi connectivity index (χ2n) is 7.32. The van der Waals surface area contributed by atoms with E-state index < -0.39 is 30.3 Å². The number of rotatable bonds is 6. The van der Waals surface area contributed by atoms with Crippen molar-refractivity contribution in [2.75, 3.05) is 24.6 Å². The predicted molar refractivity (Wildman–Crippen MR) is 106 cm³/mol. The normalized spacial score (nSPS) is 17.5. The van der Waals surface area contributed by atoms with Gasteiger partial charge < -0.3 is 20.4 Å². The summed E-state index contributed by atoms with van der Waals surface area (Å²) in [4.78, 5) is 18.7. The number of hydrogen-bond acceptors (Lipinski definition) is 5. The number of nitrogens with zero attached hydrogens (tertiary/aromatic N) is 3. The first-order chi connectivity index (χ1) is 14.5. The van der Waals surface area contributed by atoms with Crippen LogP contribution in [0, 0.1) is 11.6 Å². The monoisotopic (exact) mass is 416 g/mol. The van der Waals surface area contributed by atoms with Crippen LogP contribution in [0.5, 0.6) is 0 Å². The molecule has 1 aromatic carbocycles. The van der Waals surface area contributed by atoms with Gasteiger partial charge in [-0.05, 0) is 43.2 Å². The molecule has 2 unspecified atom stereocenters. The van der Waals surface area contributed by atoms with Crippen molar-refractivity contribution in [2.45, 2.75) is 25.0 Å². The van der Waals surface area contributed by atoms with Crippen molar-refractivity contribution < 1.29 is 23.8 Å². The molecule has 158 valence electrons. The number of carbonyl (C=O) groups is 1. The highest BCUT2D eigenvalue weighted by molar-refractivity contribution is 5.93. The number of fused-ring (bicyclic) bond motifs is 1. The van der Waals surface area contributed by atoms with Crippen LogP contribution in [-0.2, 0) is 0 Å². The number of aromatic nitrogens is 2. The summed E-state index contributed by atoms with van der Waals surface area (Å²) in [5.41, 5.74) is 1.90. The lowest BCUT2D eigenvalue weighted by atomic mass is 10.0. The van der Waals surface area contributed by atoms with Crippen LogP contribution < -0.4 is 10.2 Å². The quantitative estimate of drug-likeness (QED) is 0.572. The molecule has 2 atom stereocenters. The molecule has 4 rings (SSSR count). The number of carbonyl (C=O) groups excluding carboxylic acids is 1. The number of aliphatic hydroxyl groups is 2. The number of anilines is 1. The van der Waals surface area contributed by atoms with Crippen LogP contribution in [0.25, 0.3) is 5.65 Å². The van der Waals surface area contributed by atoms with E-state index in [0.717, 1.165) is 24.2 Å². The van der Waals surface area contributed by atoms with E-state index >= 15 is 0 Å². The van der Waals surface area contributed by atoms with Crippen molar-refractivity contribution in [2.24, 2.45) is 0 Å². The number of amides is 1. The zero-order valence-electron chi connectivity index (χ0n) is 16.1. The largest absolute Gasteiger partial charge is 0.394 e. The molecule has 9 heteroatoms. The Morgan fingerprint density at radius 3 is 2.93 bits per heavy atom. The highest BCUT2D eigenvalue weighted by Crippen LogP contribution is 2.37. The van der Waals surface area contributed by atoms with Crippen LogP contribution in [-0.4, -0.2) is 51.3 Å². The highest BCUT2D eigenvalue weighted by atomic mass is 19.1. The van der Waals surface area contributed by atoms with E-state index in [4.69, 9.17) is 5.11 Å². The Labute approximate surface area is 171 Å². The third kappa shape index (κ3) is 3.86. The fourth-order valence-corrected chi connectivity index (χ4v) is 3.84. The molecule has 1 amide bonds. The minimum Gasteiger partial charge on any atom is -0.394 e. The Morgan fingerprint density at radius 1 is 1.30 bits per heavy atom. The van der Waals surface area contributed by atoms with Crippen molar-refractivity contribution in [3.63, 3.8) is 0 Å². The molecule has 1 fully saturated rings. The topological polar surface area (TPSA) is 90.1 Å². The van der Waals surface area contributed by atoms with Crippen molar-refractivity contribution in [1.29, 1.82) is 0 Å². The maximum absolute atomic E-state index is 14.4. The van der Waals surface area contributed by atoms with Crippen LogP contribution in [0.4, 0.5) is 14.5 Å². The maximum Gasteiger partial charge on any atom is 0.270 e. The molecular formula is C21H22F2N4O3. The van der Waals surface area contributed by atoms with E-state index in [1.165, 1.54) is 12.3 Å². The minimum atomic E-state index is -1.05. The van der Waals surface area contributed by atoms with Crippen molar-refractivity contribution in [3.8, 4) is 0 Å². The third-order valence-corrected chi connectivity index (χ3v) is 5.33. The van der Waals surface area contributed by atoms with Gasteiger partial charge in [0.25, 0.3) is 5.91 Å². The Bertz CT molecular complexity index is 1070. The molecule has 1 saturated heterocycles. The fraction of sp³-hybridized carbons (Fsp3) is 0.333. The lowest BCUT2D eigenvalue weighted by molar-refractivity contribution is 0.0798. The molecular weight excluding hydrogens is 394 g/mol. The van der Waals surface area contributed by atoms with E-state index in [0.29, 0.717) is 24.2 Å². The SMILES string of the molecule is O=C(NCC(O)CO)c1cnc2ccc(N3CCCC3c3cc(F)ccc3F)cn12. The first kappa shape index (κ1) is 20.2. The molecule has 3 N–H and O–H groups in total. The Kier molecular flexibility index (Phi) is 5.65. The average molecular weight is 416 g/mol. The number of nitrogens with one attached hydrogen (secondary N) is 1. The lowest BCUT2D eigenvalue weighted by Gasteiger charge is -2.27. The van der Waals surface area contributed by atoms with Gasteiger partial charge in [-0.1, -0.05) is 0 Å². The summed E-state index contributed by atoms with van der Waals surface area (Å²) >= 11 is 0. The first-order valence-corrected chi connectivity index (χ1v) is 9.73. The average Bonchev–Trinajstić information content (AvgIpc) is 3.40. The smallest absolute Gasteiger partial charge is 0.270 e. The van der Waals surface area contributed by atoms with E-state index in [2.05, 4.69) is 10.3 Å². The van der Waals surface area contributed by atoms with Crippen LogP contribution in [0.3, 0.4) is 0 Å². The second-order valence-corrected chi connectivity index (χ2v) is 7.32. The molecule has 0 spiro atoms. The zero-order chi connectivity index (χ0) is 21.3. The van der Waals surface area contributed by atoms with Crippen molar-refractivity contribution >= 4 is 17.2 Å². The third-order valence-electron chi connectivity index (χ3n) is 5.33. The Morgan fingerprint density at radius 2 is 2.13 bits per heavy atom. The first-order valence-electron chi connectivity index (χ1n) is 9.73. The molecule has 7 nitrogen and oxygen atoms in total. The van der Waals surface area contributed by atoms with Gasteiger partial charge in [0, 0.05) is 24.8 Å². The molecule has 0 radical (unpaired) electrons. The lowest BCUT2D eigenvalue weighted by Crippen LogP contribution is -2.34. The van der Waals surface area contributed by atoms with Gasteiger partial charge in [-0.15, -0.1) is 0 Å². The molecule has 30 heavy (non-hydrogen) atoms. The fourth-order valence-electron chi connectivity index (χ4n) is 3.84. The number of hydrogen-bond donors (Lipinski definition) is 3.